The van der Waals surface area contributed by atoms with Gasteiger partial charge in [-0.25, -0.2) is 0 Å². The zero-order valence-electron chi connectivity index (χ0n) is 11.6. The molecular weight excluding hydrogens is 220 g/mol. The van der Waals surface area contributed by atoms with E-state index in [2.05, 4.69) is 42.3 Å². The van der Waals surface area contributed by atoms with Crippen molar-refractivity contribution < 1.29 is 0 Å². The summed E-state index contributed by atoms with van der Waals surface area (Å²) in [6.45, 7) is 6.71. The maximum absolute atomic E-state index is 3.71. The molecule has 1 aliphatic heterocycles. The molecule has 0 amide bonds. The van der Waals surface area contributed by atoms with Crippen molar-refractivity contribution in [3.63, 3.8) is 0 Å². The first-order valence-corrected chi connectivity index (χ1v) is 7.33. The Hall–Kier alpha value is -1.02. The molecule has 1 N–H and O–H groups in total. The van der Waals surface area contributed by atoms with Gasteiger partial charge in [0.25, 0.3) is 0 Å². The summed E-state index contributed by atoms with van der Waals surface area (Å²) in [5.41, 5.74) is 4.24. The van der Waals surface area contributed by atoms with Crippen LogP contribution in [0.4, 0.5) is 5.69 Å². The average Bonchev–Trinajstić information content (AvgIpc) is 2.41. The molecule has 1 heterocycles. The van der Waals surface area contributed by atoms with Gasteiger partial charge in [0.15, 0.2) is 0 Å². The van der Waals surface area contributed by atoms with Gasteiger partial charge >= 0.3 is 0 Å². The normalized spacial score (nSPS) is 28.0. The quantitative estimate of drug-likeness (QED) is 0.817. The molecule has 0 unspecified atom stereocenters. The summed E-state index contributed by atoms with van der Waals surface area (Å²) in [4.78, 5) is 2.65. The zero-order chi connectivity index (χ0) is 12.5. The van der Waals surface area contributed by atoms with Crippen molar-refractivity contribution in [2.45, 2.75) is 51.6 Å². The number of nitrogens with one attached hydrogen (secondary N) is 1. The van der Waals surface area contributed by atoms with Gasteiger partial charge in [-0.2, -0.15) is 0 Å². The fourth-order valence-corrected chi connectivity index (χ4v) is 3.48. The summed E-state index contributed by atoms with van der Waals surface area (Å²) in [7, 11) is 0. The molecule has 0 spiro atoms. The van der Waals surface area contributed by atoms with Crippen LogP contribution in [0.15, 0.2) is 18.2 Å². The molecular formula is C16H24N2. The Morgan fingerprint density at radius 1 is 1.11 bits per heavy atom. The van der Waals surface area contributed by atoms with Crippen LogP contribution in [0.1, 0.15) is 36.8 Å². The van der Waals surface area contributed by atoms with Gasteiger partial charge in [-0.1, -0.05) is 18.9 Å². The van der Waals surface area contributed by atoms with Gasteiger partial charge in [-0.05, 0) is 49.9 Å². The lowest BCUT2D eigenvalue weighted by Crippen LogP contribution is -2.59. The lowest BCUT2D eigenvalue weighted by atomic mass is 9.87. The van der Waals surface area contributed by atoms with Gasteiger partial charge in [0.05, 0.1) is 0 Å². The summed E-state index contributed by atoms with van der Waals surface area (Å²) in [6.07, 6.45) is 5.50. The molecule has 18 heavy (non-hydrogen) atoms. The van der Waals surface area contributed by atoms with E-state index in [0.29, 0.717) is 6.04 Å². The van der Waals surface area contributed by atoms with Crippen LogP contribution < -0.4 is 10.2 Å². The number of benzene rings is 1. The van der Waals surface area contributed by atoms with Crippen molar-refractivity contribution in [1.82, 2.24) is 5.32 Å². The molecule has 0 bridgehead atoms. The number of piperazine rings is 1. The van der Waals surface area contributed by atoms with Crippen molar-refractivity contribution in [2.75, 3.05) is 18.0 Å². The van der Waals surface area contributed by atoms with E-state index in [1.165, 1.54) is 42.5 Å². The molecule has 98 valence electrons. The second-order valence-electron chi connectivity index (χ2n) is 5.87. The van der Waals surface area contributed by atoms with Crippen LogP contribution in [0.25, 0.3) is 0 Å². The number of aryl methyl sites for hydroxylation is 2. The first-order valence-electron chi connectivity index (χ1n) is 7.33. The van der Waals surface area contributed by atoms with E-state index >= 15 is 0 Å². The Morgan fingerprint density at radius 3 is 2.78 bits per heavy atom. The summed E-state index contributed by atoms with van der Waals surface area (Å²) in [5, 5.41) is 3.71. The Labute approximate surface area is 110 Å². The summed E-state index contributed by atoms with van der Waals surface area (Å²) < 4.78 is 0. The molecule has 1 aliphatic carbocycles. The van der Waals surface area contributed by atoms with Crippen molar-refractivity contribution in [2.24, 2.45) is 0 Å². The van der Waals surface area contributed by atoms with Crippen LogP contribution in [0, 0.1) is 13.8 Å². The van der Waals surface area contributed by atoms with E-state index in [1.807, 2.05) is 0 Å². The molecule has 2 atom stereocenters. The van der Waals surface area contributed by atoms with E-state index in [4.69, 9.17) is 0 Å². The lowest BCUT2D eigenvalue weighted by Gasteiger charge is -2.46. The highest BCUT2D eigenvalue weighted by Crippen LogP contribution is 2.30. The van der Waals surface area contributed by atoms with Crippen LogP contribution in [0.5, 0.6) is 0 Å². The number of fused-ring (bicyclic) bond motifs is 1. The minimum absolute atomic E-state index is 0.717. The van der Waals surface area contributed by atoms with Crippen molar-refractivity contribution in [1.29, 1.82) is 0 Å². The average molecular weight is 244 g/mol. The molecule has 2 aliphatic rings. The molecule has 1 saturated carbocycles. The van der Waals surface area contributed by atoms with Crippen molar-refractivity contribution in [3.8, 4) is 0 Å². The van der Waals surface area contributed by atoms with Crippen LogP contribution in [-0.2, 0) is 0 Å². The van der Waals surface area contributed by atoms with Crippen LogP contribution in [0.3, 0.4) is 0 Å². The van der Waals surface area contributed by atoms with Crippen LogP contribution >= 0.6 is 0 Å². The van der Waals surface area contributed by atoms with E-state index in [0.717, 1.165) is 19.1 Å². The Bertz CT molecular complexity index is 425. The lowest BCUT2D eigenvalue weighted by molar-refractivity contribution is 0.284. The highest BCUT2D eigenvalue weighted by Gasteiger charge is 2.32. The van der Waals surface area contributed by atoms with Crippen LogP contribution in [-0.4, -0.2) is 25.2 Å². The number of hydrogen-bond donors (Lipinski definition) is 1. The third kappa shape index (κ3) is 2.14. The Morgan fingerprint density at radius 2 is 1.94 bits per heavy atom. The maximum Gasteiger partial charge on any atom is 0.0443 e. The third-order valence-corrected chi connectivity index (χ3v) is 4.71. The Balaban J connectivity index is 1.87. The molecule has 3 rings (SSSR count). The monoisotopic (exact) mass is 244 g/mol. The first kappa shape index (κ1) is 12.0. The standard InChI is InChI=1S/C16H24N2/c1-12-7-8-14(11-13(12)2)18-10-9-17-15-5-3-4-6-16(15)18/h7-8,11,15-17H,3-6,9-10H2,1-2H3/t15-,16-/m0/s1. The highest BCUT2D eigenvalue weighted by molar-refractivity contribution is 5.52. The summed E-state index contributed by atoms with van der Waals surface area (Å²) >= 11 is 0. The number of anilines is 1. The van der Waals surface area contributed by atoms with Gasteiger partial charge in [0.1, 0.15) is 0 Å². The number of hydrogen-bond acceptors (Lipinski definition) is 2. The van der Waals surface area contributed by atoms with Crippen molar-refractivity contribution >= 4 is 5.69 Å². The van der Waals surface area contributed by atoms with Gasteiger partial charge in [0, 0.05) is 30.9 Å². The molecule has 1 saturated heterocycles. The van der Waals surface area contributed by atoms with E-state index in [-0.39, 0.29) is 0 Å². The molecule has 2 fully saturated rings. The van der Waals surface area contributed by atoms with Crippen molar-refractivity contribution in [3.05, 3.63) is 29.3 Å². The fourth-order valence-electron chi connectivity index (χ4n) is 3.48. The topological polar surface area (TPSA) is 15.3 Å². The van der Waals surface area contributed by atoms with Gasteiger partial charge in [-0.3, -0.25) is 0 Å². The summed E-state index contributed by atoms with van der Waals surface area (Å²) in [6, 6.07) is 8.37. The molecule has 2 heteroatoms. The Kier molecular flexibility index (Phi) is 3.29. The minimum atomic E-state index is 0.717. The smallest absolute Gasteiger partial charge is 0.0443 e. The molecule has 2 nitrogen and oxygen atoms in total. The predicted octanol–water partition coefficient (Wildman–Crippen LogP) is 3.02. The van der Waals surface area contributed by atoms with Gasteiger partial charge in [-0.15, -0.1) is 0 Å². The van der Waals surface area contributed by atoms with E-state index < -0.39 is 0 Å². The summed E-state index contributed by atoms with van der Waals surface area (Å²) in [5.74, 6) is 0. The van der Waals surface area contributed by atoms with Gasteiger partial charge < -0.3 is 10.2 Å². The maximum atomic E-state index is 3.71. The zero-order valence-corrected chi connectivity index (χ0v) is 11.6. The highest BCUT2D eigenvalue weighted by atomic mass is 15.2. The number of rotatable bonds is 1. The molecule has 0 radical (unpaired) electrons. The van der Waals surface area contributed by atoms with Crippen LogP contribution in [0.2, 0.25) is 0 Å². The largest absolute Gasteiger partial charge is 0.366 e. The molecule has 0 aromatic heterocycles. The molecule has 1 aromatic carbocycles. The minimum Gasteiger partial charge on any atom is -0.366 e. The fraction of sp³-hybridized carbons (Fsp3) is 0.625. The SMILES string of the molecule is Cc1ccc(N2CCN[C@H]3CCCC[C@@H]32)cc1C. The second kappa shape index (κ2) is 4.93. The second-order valence-corrected chi connectivity index (χ2v) is 5.87. The third-order valence-electron chi connectivity index (χ3n) is 4.71. The van der Waals surface area contributed by atoms with E-state index in [1.54, 1.807) is 0 Å². The van der Waals surface area contributed by atoms with E-state index in [9.17, 15) is 0 Å². The predicted molar refractivity (Wildman–Crippen MR) is 77.3 cm³/mol. The molecule has 1 aromatic rings. The first-order chi connectivity index (χ1) is 8.75. The van der Waals surface area contributed by atoms with Gasteiger partial charge in [0.2, 0.25) is 0 Å². The number of nitrogens with zero attached hydrogens (tertiary/aromatic N) is 1.